The van der Waals surface area contributed by atoms with Crippen LogP contribution in [0.1, 0.15) is 36.5 Å². The largest absolute Gasteiger partial charge is 0.322 e. The Balaban J connectivity index is 2.61. The molecule has 0 saturated heterocycles. The fraction of sp³-hybridized carbons (Fsp3) is 0.500. The van der Waals surface area contributed by atoms with Gasteiger partial charge in [-0.3, -0.25) is 0 Å². The lowest BCUT2D eigenvalue weighted by molar-refractivity contribution is 0.407. The zero-order valence-electron chi connectivity index (χ0n) is 8.43. The summed E-state index contributed by atoms with van der Waals surface area (Å²) in [4.78, 5) is 0. The van der Waals surface area contributed by atoms with E-state index in [9.17, 15) is 0 Å². The summed E-state index contributed by atoms with van der Waals surface area (Å²) in [6, 6.07) is 6.51. The van der Waals surface area contributed by atoms with Gasteiger partial charge in [0.2, 0.25) is 0 Å². The molecule has 0 bridgehead atoms. The average Bonchev–Trinajstić information content (AvgIpc) is 2.02. The van der Waals surface area contributed by atoms with Crippen LogP contribution in [0.2, 0.25) is 0 Å². The molecule has 70 valence electrons. The Bertz CT molecular complexity index is 326. The van der Waals surface area contributed by atoms with E-state index in [0.717, 1.165) is 6.42 Å². The lowest BCUT2D eigenvalue weighted by Gasteiger charge is -2.33. The van der Waals surface area contributed by atoms with Crippen LogP contribution in [-0.4, -0.2) is 0 Å². The van der Waals surface area contributed by atoms with E-state index in [1.54, 1.807) is 0 Å². The van der Waals surface area contributed by atoms with E-state index in [1.165, 1.54) is 29.5 Å². The molecule has 13 heavy (non-hydrogen) atoms. The normalized spacial score (nSPS) is 27.0. The van der Waals surface area contributed by atoms with Gasteiger partial charge < -0.3 is 5.73 Å². The molecule has 1 heteroatoms. The van der Waals surface area contributed by atoms with Gasteiger partial charge in [-0.2, -0.15) is 0 Å². The summed E-state index contributed by atoms with van der Waals surface area (Å²) in [7, 11) is 0. The third-order valence-electron chi connectivity index (χ3n) is 3.07. The Morgan fingerprint density at radius 2 is 2.15 bits per heavy atom. The molecule has 0 heterocycles. The molecule has 2 rings (SSSR count). The van der Waals surface area contributed by atoms with Crippen LogP contribution in [0.25, 0.3) is 0 Å². The lowest BCUT2D eigenvalue weighted by atomic mass is 9.76. The van der Waals surface area contributed by atoms with E-state index in [0.29, 0.717) is 0 Å². The summed E-state index contributed by atoms with van der Waals surface area (Å²) in [5.41, 5.74) is 10.4. The third-order valence-corrected chi connectivity index (χ3v) is 3.07. The van der Waals surface area contributed by atoms with Crippen molar-refractivity contribution in [3.05, 3.63) is 34.9 Å². The van der Waals surface area contributed by atoms with E-state index >= 15 is 0 Å². The summed E-state index contributed by atoms with van der Waals surface area (Å²) in [5.74, 6) is 0. The van der Waals surface area contributed by atoms with E-state index in [4.69, 9.17) is 5.73 Å². The summed E-state index contributed by atoms with van der Waals surface area (Å²) in [6.45, 7) is 4.31. The number of hydrogen-bond donors (Lipinski definition) is 1. The molecule has 0 aromatic heterocycles. The number of nitrogens with two attached hydrogens (primary N) is 1. The highest BCUT2D eigenvalue weighted by Gasteiger charge is 2.28. The molecule has 1 atom stereocenters. The molecular weight excluding hydrogens is 158 g/mol. The summed E-state index contributed by atoms with van der Waals surface area (Å²) in [5, 5.41) is 0. The Labute approximate surface area is 80.0 Å². The molecule has 1 aromatic rings. The zero-order valence-corrected chi connectivity index (χ0v) is 8.43. The highest BCUT2D eigenvalue weighted by molar-refractivity contribution is 5.41. The highest BCUT2D eigenvalue weighted by atomic mass is 14.7. The fourth-order valence-electron chi connectivity index (χ4n) is 2.53. The predicted octanol–water partition coefficient (Wildman–Crippen LogP) is 2.51. The van der Waals surface area contributed by atoms with Crippen molar-refractivity contribution in [3.8, 4) is 0 Å². The minimum absolute atomic E-state index is 0.0983. The van der Waals surface area contributed by atoms with Crippen molar-refractivity contribution in [2.45, 2.75) is 38.6 Å². The minimum atomic E-state index is -0.0983. The Hall–Kier alpha value is -0.820. The first-order chi connectivity index (χ1) is 6.11. The summed E-state index contributed by atoms with van der Waals surface area (Å²) >= 11 is 0. The van der Waals surface area contributed by atoms with Crippen molar-refractivity contribution in [2.24, 2.45) is 5.73 Å². The molecular formula is C12H17N. The van der Waals surface area contributed by atoms with Gasteiger partial charge >= 0.3 is 0 Å². The van der Waals surface area contributed by atoms with Crippen molar-refractivity contribution >= 4 is 0 Å². The molecule has 0 radical (unpaired) electrons. The topological polar surface area (TPSA) is 26.0 Å². The van der Waals surface area contributed by atoms with Crippen molar-refractivity contribution < 1.29 is 0 Å². The van der Waals surface area contributed by atoms with Crippen molar-refractivity contribution in [1.82, 2.24) is 0 Å². The number of benzene rings is 1. The maximum atomic E-state index is 6.29. The molecule has 0 fully saturated rings. The van der Waals surface area contributed by atoms with Gasteiger partial charge in [-0.15, -0.1) is 0 Å². The molecule has 0 spiro atoms. The standard InChI is InChI=1S/C12H17N/c1-9-5-3-6-10-7-4-8-12(2,13)11(9)10/h3,5-6H,4,7-8,13H2,1-2H3. The Morgan fingerprint density at radius 3 is 2.85 bits per heavy atom. The van der Waals surface area contributed by atoms with Crippen LogP contribution in [0.4, 0.5) is 0 Å². The fourth-order valence-corrected chi connectivity index (χ4v) is 2.53. The van der Waals surface area contributed by atoms with Crippen LogP contribution in [0, 0.1) is 6.92 Å². The smallest absolute Gasteiger partial charge is 0.0386 e. The van der Waals surface area contributed by atoms with Crippen molar-refractivity contribution in [2.75, 3.05) is 0 Å². The Morgan fingerprint density at radius 1 is 1.38 bits per heavy atom. The van der Waals surface area contributed by atoms with Gasteiger partial charge in [0.25, 0.3) is 0 Å². The van der Waals surface area contributed by atoms with Gasteiger partial charge in [-0.05, 0) is 49.8 Å². The molecule has 1 aromatic carbocycles. The third kappa shape index (κ3) is 1.37. The SMILES string of the molecule is Cc1cccc2c1C(C)(N)CCC2. The minimum Gasteiger partial charge on any atom is -0.322 e. The van der Waals surface area contributed by atoms with Gasteiger partial charge in [0.1, 0.15) is 0 Å². The molecule has 0 amide bonds. The summed E-state index contributed by atoms with van der Waals surface area (Å²) < 4.78 is 0. The molecule has 1 nitrogen and oxygen atoms in total. The van der Waals surface area contributed by atoms with Crippen LogP contribution in [0.15, 0.2) is 18.2 Å². The molecule has 0 saturated carbocycles. The zero-order chi connectivity index (χ0) is 9.47. The maximum absolute atomic E-state index is 6.29. The molecule has 1 unspecified atom stereocenters. The van der Waals surface area contributed by atoms with Crippen LogP contribution < -0.4 is 5.73 Å². The van der Waals surface area contributed by atoms with Crippen molar-refractivity contribution in [3.63, 3.8) is 0 Å². The van der Waals surface area contributed by atoms with Crippen molar-refractivity contribution in [1.29, 1.82) is 0 Å². The number of fused-ring (bicyclic) bond motifs is 1. The van der Waals surface area contributed by atoms with E-state index < -0.39 is 0 Å². The average molecular weight is 175 g/mol. The second-order valence-electron chi connectivity index (χ2n) is 4.38. The first kappa shape index (κ1) is 8.76. The quantitative estimate of drug-likeness (QED) is 0.644. The van der Waals surface area contributed by atoms with Gasteiger partial charge in [0.15, 0.2) is 0 Å². The second kappa shape index (κ2) is 2.85. The van der Waals surface area contributed by atoms with Gasteiger partial charge in [-0.1, -0.05) is 18.2 Å². The van der Waals surface area contributed by atoms with Crippen LogP contribution >= 0.6 is 0 Å². The van der Waals surface area contributed by atoms with Gasteiger partial charge in [-0.25, -0.2) is 0 Å². The van der Waals surface area contributed by atoms with Gasteiger partial charge in [0, 0.05) is 5.54 Å². The molecule has 1 aliphatic carbocycles. The van der Waals surface area contributed by atoms with E-state index in [2.05, 4.69) is 32.0 Å². The van der Waals surface area contributed by atoms with Crippen LogP contribution in [0.3, 0.4) is 0 Å². The first-order valence-electron chi connectivity index (χ1n) is 4.99. The van der Waals surface area contributed by atoms with E-state index in [1.807, 2.05) is 0 Å². The lowest BCUT2D eigenvalue weighted by Crippen LogP contribution is -2.37. The molecule has 1 aliphatic rings. The first-order valence-corrected chi connectivity index (χ1v) is 4.99. The summed E-state index contributed by atoms with van der Waals surface area (Å²) in [6.07, 6.45) is 3.54. The van der Waals surface area contributed by atoms with Gasteiger partial charge in [0.05, 0.1) is 0 Å². The maximum Gasteiger partial charge on any atom is 0.0386 e. The molecule has 2 N–H and O–H groups in total. The second-order valence-corrected chi connectivity index (χ2v) is 4.38. The predicted molar refractivity (Wildman–Crippen MR) is 55.7 cm³/mol. The number of rotatable bonds is 0. The monoisotopic (exact) mass is 175 g/mol. The highest BCUT2D eigenvalue weighted by Crippen LogP contribution is 2.34. The van der Waals surface area contributed by atoms with E-state index in [-0.39, 0.29) is 5.54 Å². The Kier molecular flexibility index (Phi) is 1.92. The molecule has 0 aliphatic heterocycles. The van der Waals surface area contributed by atoms with Crippen LogP contribution in [0.5, 0.6) is 0 Å². The number of hydrogen-bond acceptors (Lipinski definition) is 1. The van der Waals surface area contributed by atoms with Crippen LogP contribution in [-0.2, 0) is 12.0 Å². The number of aryl methyl sites for hydroxylation is 2.